The van der Waals surface area contributed by atoms with Crippen molar-refractivity contribution in [3.05, 3.63) is 28.0 Å². The van der Waals surface area contributed by atoms with Gasteiger partial charge in [-0.1, -0.05) is 16.1 Å². The normalized spacial score (nSPS) is 12.9. The minimum absolute atomic E-state index is 0.404. The molecular formula is C9H11ClN4O2S. The Kier molecular flexibility index (Phi) is 4.06. The van der Waals surface area contributed by atoms with E-state index in [1.165, 1.54) is 17.7 Å². The maximum absolute atomic E-state index is 10.1. The highest BCUT2D eigenvalue weighted by molar-refractivity contribution is 7.03. The van der Waals surface area contributed by atoms with Gasteiger partial charge in [-0.25, -0.2) is 0 Å². The molecule has 2 aromatic rings. The lowest BCUT2D eigenvalue weighted by atomic mass is 10.2. The third-order valence-electron chi connectivity index (χ3n) is 2.26. The molecule has 0 radical (unpaired) electrons. The van der Waals surface area contributed by atoms with Gasteiger partial charge >= 0.3 is 0 Å². The Morgan fingerprint density at radius 3 is 3.12 bits per heavy atom. The lowest BCUT2D eigenvalue weighted by molar-refractivity contribution is 0.170. The SMILES string of the molecule is COCCn1ncc(Cl)c1C(O)c1csnn1. The first kappa shape index (κ1) is 12.4. The van der Waals surface area contributed by atoms with Gasteiger partial charge < -0.3 is 9.84 Å². The molecule has 0 fully saturated rings. The standard InChI is InChI=1S/C9H11ClN4O2S/c1-16-3-2-14-8(6(10)4-11-14)9(15)7-5-17-13-12-7/h4-5,9,15H,2-3H2,1H3. The summed E-state index contributed by atoms with van der Waals surface area (Å²) in [5.41, 5.74) is 0.979. The summed E-state index contributed by atoms with van der Waals surface area (Å²) in [5.74, 6) is 0. The summed E-state index contributed by atoms with van der Waals surface area (Å²) in [7, 11) is 1.60. The molecule has 0 amide bonds. The molecule has 1 unspecified atom stereocenters. The van der Waals surface area contributed by atoms with Crippen LogP contribution in [-0.2, 0) is 11.3 Å². The van der Waals surface area contributed by atoms with Gasteiger partial charge in [-0.3, -0.25) is 4.68 Å². The van der Waals surface area contributed by atoms with Gasteiger partial charge in [-0.2, -0.15) is 5.10 Å². The van der Waals surface area contributed by atoms with Crippen LogP contribution in [-0.4, -0.2) is 38.2 Å². The zero-order chi connectivity index (χ0) is 12.3. The fourth-order valence-corrected chi connectivity index (χ4v) is 2.15. The number of ether oxygens (including phenoxy) is 1. The van der Waals surface area contributed by atoms with Crippen LogP contribution >= 0.6 is 23.1 Å². The van der Waals surface area contributed by atoms with E-state index in [0.29, 0.717) is 29.6 Å². The molecule has 0 aliphatic rings. The summed E-state index contributed by atoms with van der Waals surface area (Å²) in [5, 5.41) is 20.1. The molecule has 0 saturated carbocycles. The minimum atomic E-state index is -0.916. The summed E-state index contributed by atoms with van der Waals surface area (Å²) in [4.78, 5) is 0. The average Bonchev–Trinajstić information content (AvgIpc) is 2.95. The van der Waals surface area contributed by atoms with E-state index in [4.69, 9.17) is 16.3 Å². The van der Waals surface area contributed by atoms with Crippen LogP contribution < -0.4 is 0 Å². The number of aliphatic hydroxyl groups excluding tert-OH is 1. The first-order chi connectivity index (χ1) is 8.24. The molecule has 2 aromatic heterocycles. The van der Waals surface area contributed by atoms with Crippen molar-refractivity contribution in [1.29, 1.82) is 0 Å². The van der Waals surface area contributed by atoms with Gasteiger partial charge in [-0.05, 0) is 11.5 Å². The summed E-state index contributed by atoms with van der Waals surface area (Å²) < 4.78 is 10.3. The molecule has 17 heavy (non-hydrogen) atoms. The molecule has 1 N–H and O–H groups in total. The predicted molar refractivity (Wildman–Crippen MR) is 63.1 cm³/mol. The largest absolute Gasteiger partial charge is 0.383 e. The zero-order valence-corrected chi connectivity index (χ0v) is 10.6. The van der Waals surface area contributed by atoms with Gasteiger partial charge in [0.1, 0.15) is 11.8 Å². The van der Waals surface area contributed by atoms with E-state index < -0.39 is 6.10 Å². The summed E-state index contributed by atoms with van der Waals surface area (Å²) in [6, 6.07) is 0. The van der Waals surface area contributed by atoms with Gasteiger partial charge in [0.25, 0.3) is 0 Å². The molecule has 0 aromatic carbocycles. The molecule has 0 saturated heterocycles. The molecule has 0 bridgehead atoms. The maximum atomic E-state index is 10.1. The van der Waals surface area contributed by atoms with Crippen LogP contribution in [0.3, 0.4) is 0 Å². The van der Waals surface area contributed by atoms with Gasteiger partial charge in [0.15, 0.2) is 0 Å². The molecule has 92 valence electrons. The second-order valence-corrected chi connectivity index (χ2v) is 4.34. The Balaban J connectivity index is 2.27. The van der Waals surface area contributed by atoms with Crippen molar-refractivity contribution in [3.63, 3.8) is 0 Å². The fourth-order valence-electron chi connectivity index (χ4n) is 1.43. The Bertz CT molecular complexity index is 473. The van der Waals surface area contributed by atoms with Crippen molar-refractivity contribution in [1.82, 2.24) is 19.4 Å². The summed E-state index contributed by atoms with van der Waals surface area (Å²) in [6.45, 7) is 1.01. The smallest absolute Gasteiger partial charge is 0.142 e. The van der Waals surface area contributed by atoms with Crippen molar-refractivity contribution < 1.29 is 9.84 Å². The second-order valence-electron chi connectivity index (χ2n) is 3.33. The molecule has 2 rings (SSSR count). The Morgan fingerprint density at radius 2 is 2.47 bits per heavy atom. The maximum Gasteiger partial charge on any atom is 0.142 e. The van der Waals surface area contributed by atoms with Crippen molar-refractivity contribution >= 4 is 23.1 Å². The Morgan fingerprint density at radius 1 is 1.65 bits per heavy atom. The number of hydrogen-bond acceptors (Lipinski definition) is 6. The van der Waals surface area contributed by atoms with Crippen molar-refractivity contribution in [2.45, 2.75) is 12.6 Å². The number of methoxy groups -OCH3 is 1. The minimum Gasteiger partial charge on any atom is -0.383 e. The van der Waals surface area contributed by atoms with E-state index in [9.17, 15) is 5.11 Å². The molecular weight excluding hydrogens is 264 g/mol. The zero-order valence-electron chi connectivity index (χ0n) is 9.08. The fraction of sp³-hybridized carbons (Fsp3) is 0.444. The number of nitrogens with zero attached hydrogens (tertiary/aromatic N) is 4. The number of aromatic nitrogens is 4. The number of halogens is 1. The molecule has 6 nitrogen and oxygen atoms in total. The lowest BCUT2D eigenvalue weighted by Gasteiger charge is -2.11. The van der Waals surface area contributed by atoms with Crippen LogP contribution in [0, 0.1) is 0 Å². The third-order valence-corrected chi connectivity index (χ3v) is 3.07. The van der Waals surface area contributed by atoms with Gasteiger partial charge in [0, 0.05) is 12.5 Å². The van der Waals surface area contributed by atoms with Crippen molar-refractivity contribution in [2.75, 3.05) is 13.7 Å². The monoisotopic (exact) mass is 274 g/mol. The van der Waals surface area contributed by atoms with Crippen molar-refractivity contribution in [2.24, 2.45) is 0 Å². The molecule has 0 spiro atoms. The molecule has 0 aliphatic heterocycles. The quantitative estimate of drug-likeness (QED) is 0.884. The van der Waals surface area contributed by atoms with E-state index in [0.717, 1.165) is 0 Å². The third kappa shape index (κ3) is 2.63. The van der Waals surface area contributed by atoms with Crippen LogP contribution in [0.2, 0.25) is 5.02 Å². The molecule has 2 heterocycles. The Hall–Kier alpha value is -1.02. The second kappa shape index (κ2) is 5.54. The predicted octanol–water partition coefficient (Wildman–Crippen LogP) is 1.12. The number of hydrogen-bond donors (Lipinski definition) is 1. The molecule has 8 heteroatoms. The van der Waals surface area contributed by atoms with Crippen LogP contribution in [0.1, 0.15) is 17.5 Å². The van der Waals surface area contributed by atoms with Crippen LogP contribution in [0.5, 0.6) is 0 Å². The highest BCUT2D eigenvalue weighted by Gasteiger charge is 2.21. The topological polar surface area (TPSA) is 73.1 Å². The first-order valence-electron chi connectivity index (χ1n) is 4.89. The van der Waals surface area contributed by atoms with Crippen LogP contribution in [0.4, 0.5) is 0 Å². The van der Waals surface area contributed by atoms with E-state index in [1.807, 2.05) is 0 Å². The average molecular weight is 275 g/mol. The van der Waals surface area contributed by atoms with E-state index in [1.54, 1.807) is 17.2 Å². The van der Waals surface area contributed by atoms with E-state index in [2.05, 4.69) is 14.7 Å². The van der Waals surface area contributed by atoms with Gasteiger partial charge in [0.05, 0.1) is 30.1 Å². The van der Waals surface area contributed by atoms with E-state index >= 15 is 0 Å². The van der Waals surface area contributed by atoms with Gasteiger partial charge in [0.2, 0.25) is 0 Å². The molecule has 0 aliphatic carbocycles. The number of aliphatic hydroxyl groups is 1. The first-order valence-corrected chi connectivity index (χ1v) is 6.10. The summed E-state index contributed by atoms with van der Waals surface area (Å²) in [6.07, 6.45) is 0.579. The molecule has 1 atom stereocenters. The Labute approximate surface area is 107 Å². The highest BCUT2D eigenvalue weighted by Crippen LogP contribution is 2.27. The van der Waals surface area contributed by atoms with Gasteiger partial charge in [-0.15, -0.1) is 5.10 Å². The van der Waals surface area contributed by atoms with E-state index in [-0.39, 0.29) is 0 Å². The van der Waals surface area contributed by atoms with Crippen LogP contribution in [0.25, 0.3) is 0 Å². The van der Waals surface area contributed by atoms with Crippen molar-refractivity contribution in [3.8, 4) is 0 Å². The highest BCUT2D eigenvalue weighted by atomic mass is 35.5. The lowest BCUT2D eigenvalue weighted by Crippen LogP contribution is -2.13. The van der Waals surface area contributed by atoms with Crippen LogP contribution in [0.15, 0.2) is 11.6 Å². The summed E-state index contributed by atoms with van der Waals surface area (Å²) >= 11 is 7.18. The number of rotatable bonds is 5.